The largest absolute Gasteiger partial charge is 0.308 e. The lowest BCUT2D eigenvalue weighted by Crippen LogP contribution is -2.33. The number of nitrogens with one attached hydrogen (secondary N) is 1. The fourth-order valence-electron chi connectivity index (χ4n) is 2.83. The highest BCUT2D eigenvalue weighted by atomic mass is 31.0. The Bertz CT molecular complexity index is 237. The fraction of sp³-hybridized carbons (Fsp3) is 0.889. The minimum atomic E-state index is 0.398. The van der Waals surface area contributed by atoms with Crippen LogP contribution < -0.4 is 0 Å². The van der Waals surface area contributed by atoms with Crippen LogP contribution in [-0.4, -0.2) is 23.0 Å². The Hall–Kier alpha value is 0.0600. The Morgan fingerprint density at radius 2 is 2.17 bits per heavy atom. The van der Waals surface area contributed by atoms with Crippen molar-refractivity contribution < 1.29 is 0 Å². The van der Waals surface area contributed by atoms with E-state index in [-0.39, 0.29) is 0 Å². The van der Waals surface area contributed by atoms with E-state index in [0.717, 1.165) is 24.1 Å². The molecular weight excluding hydrogens is 167 g/mol. The zero-order valence-electron chi connectivity index (χ0n) is 7.96. The van der Waals surface area contributed by atoms with E-state index in [9.17, 15) is 0 Å². The number of rotatable bonds is 1. The van der Waals surface area contributed by atoms with Crippen molar-refractivity contribution in [2.24, 2.45) is 17.3 Å². The van der Waals surface area contributed by atoms with Crippen molar-refractivity contribution >= 4 is 15.1 Å². The fourth-order valence-corrected chi connectivity index (χ4v) is 3.46. The SMILES string of the molecule is CC(=N)[C@@H]1[C@@H]2C(CN1P)C2(C)C. The van der Waals surface area contributed by atoms with E-state index in [1.54, 1.807) is 0 Å². The molecule has 4 atom stereocenters. The molecule has 3 heteroatoms. The minimum Gasteiger partial charge on any atom is -0.308 e. The first kappa shape index (κ1) is 8.65. The van der Waals surface area contributed by atoms with Crippen LogP contribution in [-0.2, 0) is 0 Å². The predicted molar refractivity (Wildman–Crippen MR) is 54.4 cm³/mol. The zero-order valence-corrected chi connectivity index (χ0v) is 9.12. The van der Waals surface area contributed by atoms with Crippen LogP contribution in [0.1, 0.15) is 20.8 Å². The second-order valence-corrected chi connectivity index (χ2v) is 5.44. The lowest BCUT2D eigenvalue weighted by atomic mass is 10.00. The van der Waals surface area contributed by atoms with Gasteiger partial charge in [0.2, 0.25) is 0 Å². The predicted octanol–water partition coefficient (Wildman–Crippen LogP) is 1.77. The van der Waals surface area contributed by atoms with Gasteiger partial charge in [-0.2, -0.15) is 0 Å². The molecule has 2 nitrogen and oxygen atoms in total. The maximum Gasteiger partial charge on any atom is 0.0539 e. The number of hydrogen-bond donors (Lipinski definition) is 1. The van der Waals surface area contributed by atoms with Crippen molar-refractivity contribution in [3.8, 4) is 0 Å². The standard InChI is InChI=1S/C9H17N2P/c1-5(10)8-7-6(4-11(8)12)9(7,2)3/h6-8,10H,4,12H2,1-3H3/t6?,7-,8+/m0/s1. The van der Waals surface area contributed by atoms with Crippen LogP contribution in [0.15, 0.2) is 0 Å². The highest BCUT2D eigenvalue weighted by molar-refractivity contribution is 7.13. The van der Waals surface area contributed by atoms with E-state index in [0.29, 0.717) is 11.5 Å². The van der Waals surface area contributed by atoms with Gasteiger partial charge in [0.15, 0.2) is 0 Å². The molecule has 2 aliphatic rings. The van der Waals surface area contributed by atoms with Crippen molar-refractivity contribution in [2.75, 3.05) is 6.54 Å². The molecule has 0 aromatic carbocycles. The molecule has 0 radical (unpaired) electrons. The third kappa shape index (κ3) is 0.914. The molecular formula is C9H17N2P. The van der Waals surface area contributed by atoms with E-state index in [4.69, 9.17) is 5.41 Å². The first-order chi connectivity index (χ1) is 5.46. The topological polar surface area (TPSA) is 27.1 Å². The summed E-state index contributed by atoms with van der Waals surface area (Å²) in [5.41, 5.74) is 1.32. The maximum absolute atomic E-state index is 7.70. The number of nitrogens with zero attached hydrogens (tertiary/aromatic N) is 1. The molecule has 2 unspecified atom stereocenters. The Morgan fingerprint density at radius 3 is 2.50 bits per heavy atom. The molecule has 2 fully saturated rings. The van der Waals surface area contributed by atoms with E-state index in [1.807, 2.05) is 6.92 Å². The summed E-state index contributed by atoms with van der Waals surface area (Å²) in [5, 5.41) is 7.70. The summed E-state index contributed by atoms with van der Waals surface area (Å²) < 4.78 is 2.25. The summed E-state index contributed by atoms with van der Waals surface area (Å²) in [6.45, 7) is 7.74. The lowest BCUT2D eigenvalue weighted by Gasteiger charge is -2.25. The average Bonchev–Trinajstić information content (AvgIpc) is 2.40. The van der Waals surface area contributed by atoms with Gasteiger partial charge in [-0.1, -0.05) is 23.2 Å². The second kappa shape index (κ2) is 2.30. The highest BCUT2D eigenvalue weighted by Crippen LogP contribution is 2.65. The van der Waals surface area contributed by atoms with Gasteiger partial charge < -0.3 is 5.41 Å². The van der Waals surface area contributed by atoms with Gasteiger partial charge in [-0.05, 0) is 24.2 Å². The smallest absolute Gasteiger partial charge is 0.0539 e. The van der Waals surface area contributed by atoms with E-state index in [2.05, 4.69) is 27.9 Å². The summed E-state index contributed by atoms with van der Waals surface area (Å²) in [5.74, 6) is 1.58. The molecule has 1 aliphatic heterocycles. The number of piperidine rings is 1. The van der Waals surface area contributed by atoms with Crippen LogP contribution >= 0.6 is 9.39 Å². The van der Waals surface area contributed by atoms with Crippen LogP contribution in [0.5, 0.6) is 0 Å². The van der Waals surface area contributed by atoms with E-state index >= 15 is 0 Å². The molecule has 0 spiro atoms. The lowest BCUT2D eigenvalue weighted by molar-refractivity contribution is 0.354. The molecule has 12 heavy (non-hydrogen) atoms. The van der Waals surface area contributed by atoms with Gasteiger partial charge in [0.05, 0.1) is 6.04 Å². The molecule has 1 heterocycles. The average molecular weight is 184 g/mol. The Morgan fingerprint density at radius 1 is 1.58 bits per heavy atom. The first-order valence-corrected chi connectivity index (χ1v) is 5.04. The quantitative estimate of drug-likeness (QED) is 0.488. The van der Waals surface area contributed by atoms with Gasteiger partial charge >= 0.3 is 0 Å². The highest BCUT2D eigenvalue weighted by Gasteiger charge is 2.66. The van der Waals surface area contributed by atoms with Crippen molar-refractivity contribution in [2.45, 2.75) is 26.8 Å². The molecule has 0 bridgehead atoms. The monoisotopic (exact) mass is 184 g/mol. The van der Waals surface area contributed by atoms with Crippen LogP contribution in [0.3, 0.4) is 0 Å². The van der Waals surface area contributed by atoms with E-state index < -0.39 is 0 Å². The van der Waals surface area contributed by atoms with Gasteiger partial charge in [-0.3, -0.25) is 4.67 Å². The second-order valence-electron chi connectivity index (χ2n) is 4.78. The van der Waals surface area contributed by atoms with Crippen LogP contribution in [0.4, 0.5) is 0 Å². The van der Waals surface area contributed by atoms with Crippen LogP contribution in [0.2, 0.25) is 0 Å². The first-order valence-electron chi connectivity index (χ1n) is 4.52. The van der Waals surface area contributed by atoms with Gasteiger partial charge in [-0.15, -0.1) is 0 Å². The number of fused-ring (bicyclic) bond motifs is 1. The summed E-state index contributed by atoms with van der Waals surface area (Å²) in [6.07, 6.45) is 0. The van der Waals surface area contributed by atoms with Crippen LogP contribution in [0.25, 0.3) is 0 Å². The molecule has 0 aromatic heterocycles. The third-order valence-corrected chi connectivity index (χ3v) is 4.22. The Labute approximate surface area is 76.5 Å². The van der Waals surface area contributed by atoms with E-state index in [1.165, 1.54) is 0 Å². The summed E-state index contributed by atoms with van der Waals surface area (Å²) in [6, 6.07) is 0.398. The zero-order chi connectivity index (χ0) is 9.09. The van der Waals surface area contributed by atoms with Gasteiger partial charge in [-0.25, -0.2) is 0 Å². The summed E-state index contributed by atoms with van der Waals surface area (Å²) in [7, 11) is 2.76. The van der Waals surface area contributed by atoms with Crippen molar-refractivity contribution in [3.63, 3.8) is 0 Å². The van der Waals surface area contributed by atoms with Gasteiger partial charge in [0, 0.05) is 12.3 Å². The van der Waals surface area contributed by atoms with Gasteiger partial charge in [0.25, 0.3) is 0 Å². The van der Waals surface area contributed by atoms with Crippen molar-refractivity contribution in [1.29, 1.82) is 5.41 Å². The van der Waals surface area contributed by atoms with Gasteiger partial charge in [0.1, 0.15) is 0 Å². The molecule has 2 rings (SSSR count). The Kier molecular flexibility index (Phi) is 1.66. The molecule has 0 aromatic rings. The normalized spacial score (nSPS) is 44.2. The molecule has 0 amide bonds. The third-order valence-electron chi connectivity index (χ3n) is 3.69. The summed E-state index contributed by atoms with van der Waals surface area (Å²) in [4.78, 5) is 0. The minimum absolute atomic E-state index is 0.398. The molecule has 1 saturated heterocycles. The van der Waals surface area contributed by atoms with Crippen molar-refractivity contribution in [3.05, 3.63) is 0 Å². The Balaban J connectivity index is 2.19. The molecule has 1 N–H and O–H groups in total. The van der Waals surface area contributed by atoms with Crippen LogP contribution in [0, 0.1) is 22.7 Å². The van der Waals surface area contributed by atoms with Crippen molar-refractivity contribution in [1.82, 2.24) is 4.67 Å². The molecule has 1 saturated carbocycles. The maximum atomic E-state index is 7.70. The molecule has 68 valence electrons. The summed E-state index contributed by atoms with van der Waals surface area (Å²) >= 11 is 0. The molecule has 1 aliphatic carbocycles. The number of hydrogen-bond acceptors (Lipinski definition) is 2.